The lowest BCUT2D eigenvalue weighted by Gasteiger charge is -2.14. The van der Waals surface area contributed by atoms with Crippen LogP contribution in [0.25, 0.3) is 10.8 Å². The topological polar surface area (TPSA) is 115 Å². The molecule has 1 aromatic heterocycles. The van der Waals surface area contributed by atoms with E-state index in [1.807, 2.05) is 33.2 Å². The van der Waals surface area contributed by atoms with E-state index in [4.69, 9.17) is 5.41 Å². The molecule has 220 valence electrons. The van der Waals surface area contributed by atoms with E-state index in [0.29, 0.717) is 27.7 Å². The van der Waals surface area contributed by atoms with Gasteiger partial charge in [0.25, 0.3) is 5.56 Å². The molecule has 0 radical (unpaired) electrons. The minimum Gasteiger partial charge on any atom is -0.388 e. The number of fused-ring (bicyclic) bond motifs is 1. The molecule has 0 bridgehead atoms. The quantitative estimate of drug-likeness (QED) is 0.151. The summed E-state index contributed by atoms with van der Waals surface area (Å²) >= 11 is 0. The molecule has 0 aliphatic heterocycles. The predicted octanol–water partition coefficient (Wildman–Crippen LogP) is 6.00. The summed E-state index contributed by atoms with van der Waals surface area (Å²) in [5, 5.41) is 23.0. The first-order valence-corrected chi connectivity index (χ1v) is 12.8. The van der Waals surface area contributed by atoms with Crippen LogP contribution in [0, 0.1) is 5.41 Å². The van der Waals surface area contributed by atoms with Gasteiger partial charge in [0.15, 0.2) is 0 Å². The van der Waals surface area contributed by atoms with Crippen LogP contribution in [0.1, 0.15) is 18.1 Å². The standard InChI is InChI=1S/C26H22F3N5O2.C4H10N2/c1-31-21-10-9-20(13-17(21)14-30)32-22-4-2-3-16-11-12-34(25(36)24(16)22)15-23(35)33-19-7-5-18(6-8-19)26(27,28)29;1-4-5-6(2)3/h2-14,30-32H,15H2,1H3,(H,33,35);4H,1-3H3/b;5-4-. The highest BCUT2D eigenvalue weighted by Crippen LogP contribution is 2.30. The van der Waals surface area contributed by atoms with Crippen LogP contribution in [0.2, 0.25) is 0 Å². The smallest absolute Gasteiger partial charge is 0.388 e. The predicted molar refractivity (Wildman–Crippen MR) is 163 cm³/mol. The Hall–Kier alpha value is -5.13. The molecule has 0 fully saturated rings. The Labute approximate surface area is 241 Å². The molecule has 0 spiro atoms. The highest BCUT2D eigenvalue weighted by Gasteiger charge is 2.30. The molecule has 0 saturated heterocycles. The summed E-state index contributed by atoms with van der Waals surface area (Å²) in [6, 6.07) is 16.5. The molecule has 3 aromatic carbocycles. The van der Waals surface area contributed by atoms with Crippen LogP contribution in [0.4, 0.5) is 35.9 Å². The molecule has 0 atom stereocenters. The van der Waals surface area contributed by atoms with Gasteiger partial charge in [-0.2, -0.15) is 18.3 Å². The molecular weight excluding hydrogens is 547 g/mol. The van der Waals surface area contributed by atoms with Gasteiger partial charge in [0.1, 0.15) is 6.54 Å². The van der Waals surface area contributed by atoms with Crippen molar-refractivity contribution in [2.45, 2.75) is 19.6 Å². The molecule has 4 rings (SSSR count). The van der Waals surface area contributed by atoms with E-state index >= 15 is 0 Å². The van der Waals surface area contributed by atoms with Crippen molar-refractivity contribution in [1.29, 1.82) is 5.41 Å². The maximum atomic E-state index is 13.3. The number of nitrogens with zero attached hydrogens (tertiary/aromatic N) is 3. The number of hydrogen-bond donors (Lipinski definition) is 4. The second kappa shape index (κ2) is 14.0. The summed E-state index contributed by atoms with van der Waals surface area (Å²) in [6.07, 6.45) is 0.000663. The third kappa shape index (κ3) is 8.19. The van der Waals surface area contributed by atoms with Gasteiger partial charge in [-0.15, -0.1) is 0 Å². The molecule has 12 heteroatoms. The summed E-state index contributed by atoms with van der Waals surface area (Å²) in [6.45, 7) is 1.57. The Bertz CT molecular complexity index is 1630. The number of pyridine rings is 1. The first kappa shape index (κ1) is 31.4. The summed E-state index contributed by atoms with van der Waals surface area (Å²) in [5.74, 6) is -0.556. The molecular formula is C30H32F3N7O2. The van der Waals surface area contributed by atoms with Crippen molar-refractivity contribution >= 4 is 51.9 Å². The number of nitrogens with one attached hydrogen (secondary N) is 4. The second-order valence-corrected chi connectivity index (χ2v) is 9.18. The summed E-state index contributed by atoms with van der Waals surface area (Å²) < 4.78 is 39.5. The summed E-state index contributed by atoms with van der Waals surface area (Å²) in [4.78, 5) is 25.8. The van der Waals surface area contributed by atoms with Crippen LogP contribution >= 0.6 is 0 Å². The van der Waals surface area contributed by atoms with Crippen LogP contribution in [-0.2, 0) is 17.5 Å². The Balaban J connectivity index is 0.000000730. The minimum absolute atomic E-state index is 0.191. The Morgan fingerprint density at radius 2 is 1.71 bits per heavy atom. The van der Waals surface area contributed by atoms with Gasteiger partial charge in [0.05, 0.1) is 16.6 Å². The van der Waals surface area contributed by atoms with Gasteiger partial charge in [-0.1, -0.05) is 12.1 Å². The van der Waals surface area contributed by atoms with Gasteiger partial charge in [-0.05, 0) is 66.9 Å². The van der Waals surface area contributed by atoms with Crippen molar-refractivity contribution in [2.24, 2.45) is 5.10 Å². The Morgan fingerprint density at radius 1 is 1.02 bits per heavy atom. The number of carbonyl (C=O) groups is 1. The lowest BCUT2D eigenvalue weighted by atomic mass is 10.1. The van der Waals surface area contributed by atoms with Crippen LogP contribution in [-0.4, -0.2) is 49.1 Å². The van der Waals surface area contributed by atoms with Crippen molar-refractivity contribution in [3.05, 3.63) is 94.4 Å². The maximum Gasteiger partial charge on any atom is 0.416 e. The normalized spacial score (nSPS) is 11.0. The van der Waals surface area contributed by atoms with Crippen molar-refractivity contribution in [2.75, 3.05) is 37.1 Å². The Kier molecular flexibility index (Phi) is 10.4. The van der Waals surface area contributed by atoms with E-state index in [2.05, 4.69) is 21.1 Å². The maximum absolute atomic E-state index is 13.3. The zero-order valence-electron chi connectivity index (χ0n) is 23.6. The number of hydrazone groups is 1. The monoisotopic (exact) mass is 579 g/mol. The molecule has 42 heavy (non-hydrogen) atoms. The molecule has 1 heterocycles. The van der Waals surface area contributed by atoms with E-state index in [1.54, 1.807) is 48.6 Å². The Morgan fingerprint density at radius 3 is 2.29 bits per heavy atom. The van der Waals surface area contributed by atoms with E-state index in [1.165, 1.54) is 17.0 Å². The number of halogens is 3. The molecule has 0 unspecified atom stereocenters. The minimum atomic E-state index is -4.47. The second-order valence-electron chi connectivity index (χ2n) is 9.18. The van der Waals surface area contributed by atoms with Gasteiger partial charge >= 0.3 is 6.18 Å². The molecule has 1 amide bonds. The van der Waals surface area contributed by atoms with Gasteiger partial charge < -0.3 is 30.9 Å². The van der Waals surface area contributed by atoms with Gasteiger partial charge in [0.2, 0.25) is 5.91 Å². The molecule has 0 aliphatic rings. The third-order valence-electron chi connectivity index (χ3n) is 5.92. The number of rotatable bonds is 8. The fourth-order valence-electron chi connectivity index (χ4n) is 4.03. The average Bonchev–Trinajstić information content (AvgIpc) is 2.94. The van der Waals surface area contributed by atoms with E-state index in [9.17, 15) is 22.8 Å². The van der Waals surface area contributed by atoms with Crippen LogP contribution in [0.5, 0.6) is 0 Å². The molecule has 4 N–H and O–H groups in total. The van der Waals surface area contributed by atoms with E-state index in [-0.39, 0.29) is 12.2 Å². The fourth-order valence-corrected chi connectivity index (χ4v) is 4.03. The van der Waals surface area contributed by atoms with Crippen molar-refractivity contribution < 1.29 is 18.0 Å². The van der Waals surface area contributed by atoms with E-state index < -0.39 is 23.2 Å². The molecule has 9 nitrogen and oxygen atoms in total. The lowest BCUT2D eigenvalue weighted by molar-refractivity contribution is -0.137. The zero-order chi connectivity index (χ0) is 30.9. The average molecular weight is 580 g/mol. The summed E-state index contributed by atoms with van der Waals surface area (Å²) in [7, 11) is 5.54. The van der Waals surface area contributed by atoms with Crippen LogP contribution in [0.3, 0.4) is 0 Å². The number of hydrogen-bond acceptors (Lipinski definition) is 7. The largest absolute Gasteiger partial charge is 0.416 e. The highest BCUT2D eigenvalue weighted by atomic mass is 19.4. The van der Waals surface area contributed by atoms with Gasteiger partial charge in [-0.3, -0.25) is 9.59 Å². The van der Waals surface area contributed by atoms with Crippen molar-refractivity contribution in [3.8, 4) is 0 Å². The lowest BCUT2D eigenvalue weighted by Crippen LogP contribution is -2.27. The number of amides is 1. The molecule has 0 saturated carbocycles. The number of anilines is 4. The highest BCUT2D eigenvalue weighted by molar-refractivity contribution is 5.96. The van der Waals surface area contributed by atoms with Crippen molar-refractivity contribution in [1.82, 2.24) is 9.58 Å². The zero-order valence-corrected chi connectivity index (χ0v) is 23.6. The fraction of sp³-hybridized carbons (Fsp3) is 0.200. The number of carbonyl (C=O) groups excluding carboxylic acids is 1. The summed E-state index contributed by atoms with van der Waals surface area (Å²) in [5.41, 5.74) is 1.63. The first-order chi connectivity index (χ1) is 20.0. The number of benzene rings is 3. The van der Waals surface area contributed by atoms with Gasteiger partial charge in [0, 0.05) is 62.4 Å². The number of alkyl halides is 3. The number of aromatic nitrogens is 1. The van der Waals surface area contributed by atoms with Crippen LogP contribution < -0.4 is 21.5 Å². The third-order valence-corrected chi connectivity index (χ3v) is 5.92. The van der Waals surface area contributed by atoms with E-state index in [0.717, 1.165) is 30.0 Å². The van der Waals surface area contributed by atoms with Gasteiger partial charge in [-0.25, -0.2) is 0 Å². The molecule has 4 aromatic rings. The van der Waals surface area contributed by atoms with Crippen LogP contribution in [0.15, 0.2) is 82.8 Å². The molecule has 0 aliphatic carbocycles. The first-order valence-electron chi connectivity index (χ1n) is 12.8. The van der Waals surface area contributed by atoms with Crippen molar-refractivity contribution in [3.63, 3.8) is 0 Å². The SMILES string of the molecule is C/C=N\N(C)C.CNc1ccc(Nc2cccc3ccn(CC(=O)Nc4ccc(C(F)(F)F)cc4)c(=O)c23)cc1C=N.